The van der Waals surface area contributed by atoms with Gasteiger partial charge in [0.05, 0.1) is 6.54 Å². The molecule has 0 N–H and O–H groups in total. The van der Waals surface area contributed by atoms with Crippen molar-refractivity contribution in [1.29, 1.82) is 0 Å². The summed E-state index contributed by atoms with van der Waals surface area (Å²) in [6.45, 7) is 5.57. The second kappa shape index (κ2) is 4.17. The van der Waals surface area contributed by atoms with E-state index in [0.717, 1.165) is 12.4 Å². The lowest BCUT2D eigenvalue weighted by Gasteiger charge is -2.21. The number of rotatable bonds is 2. The van der Waals surface area contributed by atoms with Crippen LogP contribution in [0.3, 0.4) is 0 Å². The molecule has 0 amide bonds. The average molecular weight is 208 g/mol. The van der Waals surface area contributed by atoms with Crippen LogP contribution < -0.4 is 4.90 Å². The van der Waals surface area contributed by atoms with Crippen LogP contribution in [0.4, 0.5) is 10.2 Å². The molecule has 1 fully saturated rings. The highest BCUT2D eigenvalue weighted by molar-refractivity contribution is 5.49. The van der Waals surface area contributed by atoms with Gasteiger partial charge >= 0.3 is 0 Å². The molecule has 2 heterocycles. The Bertz CT molecular complexity index is 338. The van der Waals surface area contributed by atoms with Crippen LogP contribution in [0.15, 0.2) is 18.3 Å². The lowest BCUT2D eigenvalue weighted by Crippen LogP contribution is -2.22. The molecule has 0 aliphatic carbocycles. The number of pyridine rings is 1. The van der Waals surface area contributed by atoms with Gasteiger partial charge in [-0.3, -0.25) is 0 Å². The normalized spacial score (nSPS) is 21.3. The van der Waals surface area contributed by atoms with Gasteiger partial charge in [0.1, 0.15) is 12.0 Å². The van der Waals surface area contributed by atoms with Gasteiger partial charge in [0.25, 0.3) is 0 Å². The molecular formula is C12H17FN2. The topological polar surface area (TPSA) is 16.1 Å². The molecule has 2 rings (SSSR count). The second-order valence-corrected chi connectivity index (χ2v) is 4.40. The molecule has 1 saturated heterocycles. The smallest absolute Gasteiger partial charge is 0.132 e. The third kappa shape index (κ3) is 2.11. The number of hydrogen-bond donors (Lipinski definition) is 0. The molecule has 15 heavy (non-hydrogen) atoms. The van der Waals surface area contributed by atoms with Gasteiger partial charge < -0.3 is 4.90 Å². The maximum absolute atomic E-state index is 13.1. The number of aromatic nitrogens is 1. The Hall–Kier alpha value is -1.12. The Morgan fingerprint density at radius 1 is 1.53 bits per heavy atom. The molecule has 2 nitrogen and oxygen atoms in total. The van der Waals surface area contributed by atoms with Crippen molar-refractivity contribution in [3.63, 3.8) is 0 Å². The highest BCUT2D eigenvalue weighted by atomic mass is 19.1. The van der Waals surface area contributed by atoms with Crippen LogP contribution in [-0.4, -0.2) is 24.2 Å². The third-order valence-electron chi connectivity index (χ3n) is 2.87. The van der Waals surface area contributed by atoms with Crippen molar-refractivity contribution < 1.29 is 4.39 Å². The summed E-state index contributed by atoms with van der Waals surface area (Å²) >= 11 is 0. The highest BCUT2D eigenvalue weighted by Crippen LogP contribution is 2.28. The molecule has 1 aliphatic rings. The van der Waals surface area contributed by atoms with Crippen LogP contribution >= 0.6 is 0 Å². The molecule has 82 valence electrons. The molecule has 3 heteroatoms. The SMILES string of the molecule is CC(C)c1cccnc1N1CC[C@H](F)C1. The minimum atomic E-state index is -0.688. The predicted octanol–water partition coefficient (Wildman–Crippen LogP) is 2.75. The summed E-state index contributed by atoms with van der Waals surface area (Å²) in [6.07, 6.45) is 1.73. The summed E-state index contributed by atoms with van der Waals surface area (Å²) in [5.74, 6) is 1.40. The minimum absolute atomic E-state index is 0.437. The Morgan fingerprint density at radius 2 is 2.33 bits per heavy atom. The summed E-state index contributed by atoms with van der Waals surface area (Å²) in [5.41, 5.74) is 1.21. The minimum Gasteiger partial charge on any atom is -0.353 e. The fourth-order valence-corrected chi connectivity index (χ4v) is 2.03. The number of anilines is 1. The van der Waals surface area contributed by atoms with Crippen molar-refractivity contribution in [2.45, 2.75) is 32.4 Å². The van der Waals surface area contributed by atoms with Gasteiger partial charge in [0, 0.05) is 12.7 Å². The summed E-state index contributed by atoms with van der Waals surface area (Å²) in [6, 6.07) is 4.03. The van der Waals surface area contributed by atoms with Crippen molar-refractivity contribution in [3.05, 3.63) is 23.9 Å². The molecular weight excluding hydrogens is 191 g/mol. The highest BCUT2D eigenvalue weighted by Gasteiger charge is 2.24. The van der Waals surface area contributed by atoms with Crippen molar-refractivity contribution in [2.24, 2.45) is 0 Å². The van der Waals surface area contributed by atoms with Crippen molar-refractivity contribution in [3.8, 4) is 0 Å². The van der Waals surface area contributed by atoms with Gasteiger partial charge in [0.15, 0.2) is 0 Å². The summed E-state index contributed by atoms with van der Waals surface area (Å²) < 4.78 is 13.1. The number of halogens is 1. The van der Waals surface area contributed by atoms with E-state index in [0.29, 0.717) is 18.9 Å². The number of hydrogen-bond acceptors (Lipinski definition) is 2. The molecule has 0 radical (unpaired) electrons. The Morgan fingerprint density at radius 3 is 2.93 bits per heavy atom. The van der Waals surface area contributed by atoms with E-state index in [4.69, 9.17) is 0 Å². The van der Waals surface area contributed by atoms with E-state index < -0.39 is 6.17 Å². The largest absolute Gasteiger partial charge is 0.353 e. The van der Waals surface area contributed by atoms with Crippen LogP contribution in [0.25, 0.3) is 0 Å². The van der Waals surface area contributed by atoms with E-state index in [1.54, 1.807) is 6.20 Å². The summed E-state index contributed by atoms with van der Waals surface area (Å²) in [7, 11) is 0. The lowest BCUT2D eigenvalue weighted by atomic mass is 10.0. The Kier molecular flexibility index (Phi) is 2.89. The molecule has 1 aromatic heterocycles. The number of alkyl halides is 1. The Labute approximate surface area is 90.1 Å². The van der Waals surface area contributed by atoms with Gasteiger partial charge in [-0.15, -0.1) is 0 Å². The standard InChI is InChI=1S/C12H17FN2/c1-9(2)11-4-3-6-14-12(11)15-7-5-10(13)8-15/h3-4,6,9-10H,5,7-8H2,1-2H3/t10-/m0/s1. The average Bonchev–Trinajstić information content (AvgIpc) is 2.65. The fourth-order valence-electron chi connectivity index (χ4n) is 2.03. The molecule has 1 aliphatic heterocycles. The summed E-state index contributed by atoms with van der Waals surface area (Å²) in [4.78, 5) is 6.43. The van der Waals surface area contributed by atoms with E-state index in [1.165, 1.54) is 5.56 Å². The molecule has 0 spiro atoms. The van der Waals surface area contributed by atoms with E-state index >= 15 is 0 Å². The fraction of sp³-hybridized carbons (Fsp3) is 0.583. The maximum atomic E-state index is 13.1. The first kappa shape index (κ1) is 10.4. The molecule has 0 saturated carbocycles. The monoisotopic (exact) mass is 208 g/mol. The van der Waals surface area contributed by atoms with E-state index in [-0.39, 0.29) is 0 Å². The van der Waals surface area contributed by atoms with Crippen molar-refractivity contribution >= 4 is 5.82 Å². The van der Waals surface area contributed by atoms with E-state index in [2.05, 4.69) is 29.8 Å². The van der Waals surface area contributed by atoms with Crippen molar-refractivity contribution in [1.82, 2.24) is 4.98 Å². The molecule has 0 aromatic carbocycles. The van der Waals surface area contributed by atoms with Crippen LogP contribution in [-0.2, 0) is 0 Å². The zero-order valence-electron chi connectivity index (χ0n) is 9.28. The Balaban J connectivity index is 2.27. The molecule has 0 bridgehead atoms. The zero-order valence-corrected chi connectivity index (χ0v) is 9.28. The van der Waals surface area contributed by atoms with Gasteiger partial charge in [-0.25, -0.2) is 9.37 Å². The number of nitrogens with zero attached hydrogens (tertiary/aromatic N) is 2. The van der Waals surface area contributed by atoms with Crippen LogP contribution in [0.5, 0.6) is 0 Å². The van der Waals surface area contributed by atoms with Crippen LogP contribution in [0.1, 0.15) is 31.7 Å². The zero-order chi connectivity index (χ0) is 10.8. The maximum Gasteiger partial charge on any atom is 0.132 e. The second-order valence-electron chi connectivity index (χ2n) is 4.40. The van der Waals surface area contributed by atoms with Gasteiger partial charge in [-0.2, -0.15) is 0 Å². The van der Waals surface area contributed by atoms with E-state index in [9.17, 15) is 4.39 Å². The van der Waals surface area contributed by atoms with Crippen LogP contribution in [0.2, 0.25) is 0 Å². The predicted molar refractivity (Wildman–Crippen MR) is 60.1 cm³/mol. The molecule has 1 atom stereocenters. The quantitative estimate of drug-likeness (QED) is 0.743. The van der Waals surface area contributed by atoms with Gasteiger partial charge in [0.2, 0.25) is 0 Å². The lowest BCUT2D eigenvalue weighted by molar-refractivity contribution is 0.364. The van der Waals surface area contributed by atoms with Crippen LogP contribution in [0, 0.1) is 0 Å². The molecule has 0 unspecified atom stereocenters. The third-order valence-corrected chi connectivity index (χ3v) is 2.87. The van der Waals surface area contributed by atoms with Gasteiger partial charge in [-0.05, 0) is 24.0 Å². The summed E-state index contributed by atoms with van der Waals surface area (Å²) in [5, 5.41) is 0. The van der Waals surface area contributed by atoms with Crippen molar-refractivity contribution in [2.75, 3.05) is 18.0 Å². The first-order chi connectivity index (χ1) is 7.18. The first-order valence-corrected chi connectivity index (χ1v) is 5.52. The first-order valence-electron chi connectivity index (χ1n) is 5.52. The van der Waals surface area contributed by atoms with Gasteiger partial charge in [-0.1, -0.05) is 19.9 Å². The van der Waals surface area contributed by atoms with E-state index in [1.807, 2.05) is 6.07 Å². The molecule has 1 aromatic rings.